The number of carbonyl (C=O) groups is 1. The van der Waals surface area contributed by atoms with E-state index in [-0.39, 0.29) is 5.91 Å². The van der Waals surface area contributed by atoms with E-state index in [0.29, 0.717) is 43.8 Å². The first kappa shape index (κ1) is 13.9. The average molecular weight is 254 g/mol. The predicted molar refractivity (Wildman–Crippen MR) is 68.7 cm³/mol. The normalized spacial score (nSPS) is 10.1. The summed E-state index contributed by atoms with van der Waals surface area (Å²) < 4.78 is 1.64. The molecule has 100 valence electrons. The molecule has 1 amide bonds. The summed E-state index contributed by atoms with van der Waals surface area (Å²) in [5, 5.41) is 6.09. The Labute approximate surface area is 106 Å². The molecule has 1 rings (SSSR count). The Morgan fingerprint density at radius 3 is 2.72 bits per heavy atom. The molecular formula is C10H20N7O+. The minimum Gasteiger partial charge on any atom is -0.370 e. The molecule has 18 heavy (non-hydrogen) atoms. The van der Waals surface area contributed by atoms with Gasteiger partial charge in [0.15, 0.2) is 0 Å². The van der Waals surface area contributed by atoms with Crippen LogP contribution in [0.5, 0.6) is 0 Å². The highest BCUT2D eigenvalue weighted by atomic mass is 16.1. The first-order valence-electron chi connectivity index (χ1n) is 5.84. The minimum atomic E-state index is -0.309. The lowest BCUT2D eigenvalue weighted by Crippen LogP contribution is -2.39. The lowest BCUT2D eigenvalue weighted by Gasteiger charge is -2.07. The first-order chi connectivity index (χ1) is 8.54. The number of nitrogens with two attached hydrogens (primary N) is 2. The second-order valence-corrected chi connectivity index (χ2v) is 3.82. The molecule has 8 heteroatoms. The van der Waals surface area contributed by atoms with Crippen LogP contribution < -0.4 is 26.7 Å². The van der Waals surface area contributed by atoms with E-state index in [4.69, 9.17) is 11.5 Å². The van der Waals surface area contributed by atoms with Crippen LogP contribution in [0.3, 0.4) is 0 Å². The molecule has 0 radical (unpaired) electrons. The van der Waals surface area contributed by atoms with Gasteiger partial charge in [-0.25, -0.2) is 4.57 Å². The molecule has 1 aromatic heterocycles. The number of hydrogen-bond donors (Lipinski definition) is 4. The summed E-state index contributed by atoms with van der Waals surface area (Å²) in [6.07, 6.45) is 0.993. The zero-order valence-electron chi connectivity index (χ0n) is 10.7. The van der Waals surface area contributed by atoms with Crippen molar-refractivity contribution in [3.8, 4) is 0 Å². The Morgan fingerprint density at radius 1 is 1.39 bits per heavy atom. The van der Waals surface area contributed by atoms with Crippen LogP contribution >= 0.6 is 0 Å². The number of aromatic nitrogens is 3. The van der Waals surface area contributed by atoms with Gasteiger partial charge in [0.2, 0.25) is 5.91 Å². The number of hydrogen-bond acceptors (Lipinski definition) is 6. The summed E-state index contributed by atoms with van der Waals surface area (Å²) in [7, 11) is 1.77. The van der Waals surface area contributed by atoms with Gasteiger partial charge in [-0.2, -0.15) is 0 Å². The summed E-state index contributed by atoms with van der Waals surface area (Å²) in [6, 6.07) is 0. The van der Waals surface area contributed by atoms with Crippen molar-refractivity contribution in [2.24, 2.45) is 12.8 Å². The van der Waals surface area contributed by atoms with E-state index in [9.17, 15) is 4.79 Å². The molecule has 1 aromatic rings. The molecule has 0 unspecified atom stereocenters. The number of nitrogens with zero attached hydrogens (tertiary/aromatic N) is 3. The summed E-state index contributed by atoms with van der Waals surface area (Å²) in [4.78, 5) is 19.0. The Kier molecular flexibility index (Phi) is 5.09. The van der Waals surface area contributed by atoms with Crippen LogP contribution in [0.25, 0.3) is 0 Å². The molecule has 0 aliphatic carbocycles. The molecule has 0 saturated heterocycles. The SMILES string of the molecule is CCNc1nc(N)[n+](C)c(NCCCC(N)=O)n1. The van der Waals surface area contributed by atoms with Gasteiger partial charge in [0.1, 0.15) is 0 Å². The van der Waals surface area contributed by atoms with Crippen LogP contribution in [0.15, 0.2) is 0 Å². The zero-order chi connectivity index (χ0) is 13.5. The van der Waals surface area contributed by atoms with Crippen LogP contribution in [-0.2, 0) is 11.8 Å². The molecule has 0 atom stereocenters. The maximum Gasteiger partial charge on any atom is 0.324 e. The molecule has 0 fully saturated rings. The van der Waals surface area contributed by atoms with E-state index < -0.39 is 0 Å². The molecule has 0 bridgehead atoms. The average Bonchev–Trinajstić information content (AvgIpc) is 2.30. The van der Waals surface area contributed by atoms with E-state index in [2.05, 4.69) is 20.6 Å². The highest BCUT2D eigenvalue weighted by Gasteiger charge is 2.14. The largest absolute Gasteiger partial charge is 0.370 e. The lowest BCUT2D eigenvalue weighted by atomic mass is 10.3. The molecule has 6 N–H and O–H groups in total. The van der Waals surface area contributed by atoms with Gasteiger partial charge in [-0.15, -0.1) is 0 Å². The third kappa shape index (κ3) is 4.04. The van der Waals surface area contributed by atoms with Crippen molar-refractivity contribution in [2.45, 2.75) is 19.8 Å². The summed E-state index contributed by atoms with van der Waals surface area (Å²) in [5.41, 5.74) is 10.8. The van der Waals surface area contributed by atoms with Crippen molar-refractivity contribution in [1.29, 1.82) is 0 Å². The second-order valence-electron chi connectivity index (χ2n) is 3.82. The van der Waals surface area contributed by atoms with Crippen molar-refractivity contribution in [3.05, 3.63) is 0 Å². The second kappa shape index (κ2) is 6.58. The number of primary amides is 1. The minimum absolute atomic E-state index is 0.309. The topological polar surface area (TPSA) is 123 Å². The van der Waals surface area contributed by atoms with Crippen LogP contribution in [0.2, 0.25) is 0 Å². The van der Waals surface area contributed by atoms with Gasteiger partial charge in [-0.3, -0.25) is 4.79 Å². The van der Waals surface area contributed by atoms with Crippen molar-refractivity contribution < 1.29 is 9.36 Å². The van der Waals surface area contributed by atoms with Crippen molar-refractivity contribution in [3.63, 3.8) is 0 Å². The van der Waals surface area contributed by atoms with Gasteiger partial charge in [0, 0.05) is 26.6 Å². The van der Waals surface area contributed by atoms with Crippen LogP contribution in [-0.4, -0.2) is 29.0 Å². The fraction of sp³-hybridized carbons (Fsp3) is 0.600. The van der Waals surface area contributed by atoms with E-state index in [1.807, 2.05) is 6.92 Å². The van der Waals surface area contributed by atoms with E-state index >= 15 is 0 Å². The maximum atomic E-state index is 10.6. The third-order valence-corrected chi connectivity index (χ3v) is 2.31. The van der Waals surface area contributed by atoms with E-state index in [1.165, 1.54) is 0 Å². The maximum absolute atomic E-state index is 10.6. The molecule has 0 saturated carbocycles. The Balaban J connectivity index is 2.65. The molecule has 0 aromatic carbocycles. The number of anilines is 3. The summed E-state index contributed by atoms with van der Waals surface area (Å²) in [6.45, 7) is 3.26. The van der Waals surface area contributed by atoms with Crippen LogP contribution in [0.1, 0.15) is 19.8 Å². The smallest absolute Gasteiger partial charge is 0.324 e. The van der Waals surface area contributed by atoms with Crippen LogP contribution in [0.4, 0.5) is 17.8 Å². The first-order valence-corrected chi connectivity index (χ1v) is 5.84. The van der Waals surface area contributed by atoms with Gasteiger partial charge >= 0.3 is 17.8 Å². The van der Waals surface area contributed by atoms with Crippen molar-refractivity contribution in [1.82, 2.24) is 9.97 Å². The van der Waals surface area contributed by atoms with Gasteiger partial charge in [-0.05, 0) is 13.3 Å². The molecule has 0 aliphatic rings. The number of nitrogens with one attached hydrogen (secondary N) is 2. The van der Waals surface area contributed by atoms with Gasteiger partial charge in [0.25, 0.3) is 0 Å². The monoisotopic (exact) mass is 254 g/mol. The lowest BCUT2D eigenvalue weighted by molar-refractivity contribution is -0.647. The number of carbonyl (C=O) groups excluding carboxylic acids is 1. The van der Waals surface area contributed by atoms with Gasteiger partial charge < -0.3 is 22.1 Å². The Morgan fingerprint density at radius 2 is 2.11 bits per heavy atom. The number of rotatable bonds is 7. The number of nitrogen functional groups attached to an aromatic ring is 1. The van der Waals surface area contributed by atoms with Crippen molar-refractivity contribution >= 4 is 23.8 Å². The highest BCUT2D eigenvalue weighted by molar-refractivity contribution is 5.73. The molecule has 1 heterocycles. The van der Waals surface area contributed by atoms with Crippen molar-refractivity contribution in [2.75, 3.05) is 29.5 Å². The quantitative estimate of drug-likeness (QED) is 0.365. The molecule has 0 spiro atoms. The zero-order valence-corrected chi connectivity index (χ0v) is 10.7. The summed E-state index contributed by atoms with van der Waals surface area (Å²) >= 11 is 0. The summed E-state index contributed by atoms with van der Waals surface area (Å²) in [5.74, 6) is 1.13. The van der Waals surface area contributed by atoms with E-state index in [0.717, 1.165) is 0 Å². The van der Waals surface area contributed by atoms with E-state index in [1.54, 1.807) is 11.6 Å². The van der Waals surface area contributed by atoms with Gasteiger partial charge in [0.05, 0.1) is 0 Å². The fourth-order valence-corrected chi connectivity index (χ4v) is 1.35. The molecule has 8 nitrogen and oxygen atoms in total. The Bertz CT molecular complexity index is 421. The van der Waals surface area contributed by atoms with Crippen LogP contribution in [0, 0.1) is 0 Å². The highest BCUT2D eigenvalue weighted by Crippen LogP contribution is 2.04. The van der Waals surface area contributed by atoms with Gasteiger partial charge in [-0.1, -0.05) is 9.97 Å². The molecular weight excluding hydrogens is 234 g/mol. The fourth-order valence-electron chi connectivity index (χ4n) is 1.35. The Hall–Kier alpha value is -2.12. The standard InChI is InChI=1S/C10H19N7O/c1-3-13-9-15-8(12)17(2)10(16-9)14-6-4-5-7(11)18/h3-6H2,1-2H3,(H5,11,12,13,14,15,16,18)/p+1. The number of amides is 1. The predicted octanol–water partition coefficient (Wildman–Crippen LogP) is -1.01. The third-order valence-electron chi connectivity index (χ3n) is 2.31. The molecule has 0 aliphatic heterocycles.